The van der Waals surface area contributed by atoms with Gasteiger partial charge in [0.05, 0.1) is 0 Å². The Kier molecular flexibility index (Phi) is 5.69. The molecule has 2 rings (SSSR count). The van der Waals surface area contributed by atoms with Crippen LogP contribution >= 0.6 is 0 Å². The summed E-state index contributed by atoms with van der Waals surface area (Å²) in [7, 11) is 0. The number of amides is 2. The molecule has 0 bridgehead atoms. The van der Waals surface area contributed by atoms with Gasteiger partial charge in [-0.3, -0.25) is 20.4 Å². The number of carbonyl (C=O) groups is 2. The lowest BCUT2D eigenvalue weighted by molar-refractivity contribution is -0.128. The molecule has 0 radical (unpaired) electrons. The molecule has 0 aliphatic rings. The van der Waals surface area contributed by atoms with Crippen LogP contribution in [0.25, 0.3) is 0 Å². The summed E-state index contributed by atoms with van der Waals surface area (Å²) < 4.78 is 31.6. The number of aryl methyl sites for hydroxylation is 1. The summed E-state index contributed by atoms with van der Waals surface area (Å²) in [6.07, 6.45) is -0.870. The summed E-state index contributed by atoms with van der Waals surface area (Å²) in [4.78, 5) is 23.9. The molecular weight excluding hydrogens is 330 g/mol. The van der Waals surface area contributed by atoms with Gasteiger partial charge in [0, 0.05) is 5.56 Å². The summed E-state index contributed by atoms with van der Waals surface area (Å²) in [5, 5.41) is 0. The van der Waals surface area contributed by atoms with Gasteiger partial charge in [0.15, 0.2) is 17.7 Å². The predicted octanol–water partition coefficient (Wildman–Crippen LogP) is 2.81. The maximum Gasteiger partial charge on any atom is 0.279 e. The molecule has 0 aliphatic heterocycles. The summed E-state index contributed by atoms with van der Waals surface area (Å²) in [6.45, 7) is 5.33. The molecule has 2 aromatic rings. The van der Waals surface area contributed by atoms with E-state index in [-0.39, 0.29) is 5.56 Å². The van der Waals surface area contributed by atoms with E-state index in [0.29, 0.717) is 5.75 Å². The number of nitrogens with one attached hydrogen (secondary N) is 2. The van der Waals surface area contributed by atoms with Crippen molar-refractivity contribution in [2.75, 3.05) is 0 Å². The van der Waals surface area contributed by atoms with Crippen molar-refractivity contribution < 1.29 is 23.1 Å². The lowest BCUT2D eigenvalue weighted by Crippen LogP contribution is -2.47. The van der Waals surface area contributed by atoms with Crippen molar-refractivity contribution in [2.45, 2.75) is 26.9 Å². The number of rotatable bonds is 4. The number of carbonyl (C=O) groups excluding carboxylic acids is 2. The first-order valence-corrected chi connectivity index (χ1v) is 7.57. The molecule has 25 heavy (non-hydrogen) atoms. The smallest absolute Gasteiger partial charge is 0.279 e. The molecule has 2 N–H and O–H groups in total. The van der Waals surface area contributed by atoms with Crippen molar-refractivity contribution in [2.24, 2.45) is 0 Å². The zero-order valence-corrected chi connectivity index (χ0v) is 14.0. The van der Waals surface area contributed by atoms with E-state index < -0.39 is 29.6 Å². The third kappa shape index (κ3) is 4.53. The van der Waals surface area contributed by atoms with Gasteiger partial charge < -0.3 is 4.74 Å². The van der Waals surface area contributed by atoms with E-state index >= 15 is 0 Å². The average molecular weight is 348 g/mol. The molecule has 7 heteroatoms. The van der Waals surface area contributed by atoms with Gasteiger partial charge in [-0.1, -0.05) is 12.1 Å². The average Bonchev–Trinajstić information content (AvgIpc) is 2.58. The Morgan fingerprint density at radius 2 is 1.76 bits per heavy atom. The maximum atomic E-state index is 13.1. The van der Waals surface area contributed by atoms with Gasteiger partial charge in [-0.15, -0.1) is 0 Å². The van der Waals surface area contributed by atoms with Gasteiger partial charge in [-0.2, -0.15) is 0 Å². The SMILES string of the molecule is Cc1cccc(OC(C)C(=O)NNC(=O)c2ccc(F)c(F)c2)c1C. The lowest BCUT2D eigenvalue weighted by Gasteiger charge is -2.17. The molecule has 0 saturated heterocycles. The third-order valence-corrected chi connectivity index (χ3v) is 3.71. The van der Waals surface area contributed by atoms with Crippen LogP contribution < -0.4 is 15.6 Å². The van der Waals surface area contributed by atoms with Crippen LogP contribution in [0.2, 0.25) is 0 Å². The summed E-state index contributed by atoms with van der Waals surface area (Å²) in [5.74, 6) is -3.00. The van der Waals surface area contributed by atoms with Crippen molar-refractivity contribution in [1.29, 1.82) is 0 Å². The van der Waals surface area contributed by atoms with Crippen molar-refractivity contribution >= 4 is 11.8 Å². The van der Waals surface area contributed by atoms with Gasteiger partial charge in [0.25, 0.3) is 11.8 Å². The van der Waals surface area contributed by atoms with Crippen LogP contribution in [0, 0.1) is 25.5 Å². The molecule has 1 unspecified atom stereocenters. The molecule has 0 saturated carbocycles. The molecule has 0 aliphatic carbocycles. The molecule has 0 spiro atoms. The van der Waals surface area contributed by atoms with Gasteiger partial charge >= 0.3 is 0 Å². The minimum atomic E-state index is -1.15. The van der Waals surface area contributed by atoms with E-state index in [2.05, 4.69) is 10.9 Å². The zero-order valence-electron chi connectivity index (χ0n) is 14.0. The van der Waals surface area contributed by atoms with E-state index in [1.165, 1.54) is 6.92 Å². The molecular formula is C18H18F2N2O3. The lowest BCUT2D eigenvalue weighted by atomic mass is 10.1. The highest BCUT2D eigenvalue weighted by Crippen LogP contribution is 2.21. The Morgan fingerprint density at radius 3 is 2.44 bits per heavy atom. The Balaban J connectivity index is 1.93. The quantitative estimate of drug-likeness (QED) is 0.835. The van der Waals surface area contributed by atoms with E-state index in [0.717, 1.165) is 29.3 Å². The monoisotopic (exact) mass is 348 g/mol. The van der Waals surface area contributed by atoms with Crippen LogP contribution in [0.15, 0.2) is 36.4 Å². The predicted molar refractivity (Wildman–Crippen MR) is 88.0 cm³/mol. The van der Waals surface area contributed by atoms with Gasteiger partial charge in [0.2, 0.25) is 0 Å². The molecule has 132 valence electrons. The van der Waals surface area contributed by atoms with Gasteiger partial charge in [-0.05, 0) is 56.2 Å². The molecule has 2 aromatic carbocycles. The normalized spacial score (nSPS) is 11.6. The summed E-state index contributed by atoms with van der Waals surface area (Å²) in [5.41, 5.74) is 6.13. The maximum absolute atomic E-state index is 13.1. The van der Waals surface area contributed by atoms with Crippen LogP contribution in [0.3, 0.4) is 0 Å². The molecule has 0 aromatic heterocycles. The Bertz CT molecular complexity index is 809. The zero-order chi connectivity index (χ0) is 18.6. The molecule has 5 nitrogen and oxygen atoms in total. The molecule has 1 atom stereocenters. The Hall–Kier alpha value is -2.96. The number of hydrogen-bond acceptors (Lipinski definition) is 3. The topological polar surface area (TPSA) is 67.4 Å². The van der Waals surface area contributed by atoms with Crippen LogP contribution in [-0.4, -0.2) is 17.9 Å². The first-order valence-electron chi connectivity index (χ1n) is 7.57. The number of hydrazine groups is 1. The number of ether oxygens (including phenoxy) is 1. The molecule has 0 fully saturated rings. The fourth-order valence-electron chi connectivity index (χ4n) is 2.03. The third-order valence-electron chi connectivity index (χ3n) is 3.71. The largest absolute Gasteiger partial charge is 0.481 e. The van der Waals surface area contributed by atoms with Crippen molar-refractivity contribution in [3.63, 3.8) is 0 Å². The second kappa shape index (κ2) is 7.74. The van der Waals surface area contributed by atoms with E-state index in [4.69, 9.17) is 4.74 Å². The van der Waals surface area contributed by atoms with Crippen molar-refractivity contribution in [3.05, 3.63) is 64.7 Å². The van der Waals surface area contributed by atoms with Gasteiger partial charge in [0.1, 0.15) is 5.75 Å². The van der Waals surface area contributed by atoms with E-state index in [1.807, 2.05) is 26.0 Å². The van der Waals surface area contributed by atoms with E-state index in [1.54, 1.807) is 6.07 Å². The van der Waals surface area contributed by atoms with Crippen LogP contribution in [0.5, 0.6) is 5.75 Å². The highest BCUT2D eigenvalue weighted by molar-refractivity contribution is 5.95. The molecule has 2 amide bonds. The fourth-order valence-corrected chi connectivity index (χ4v) is 2.03. The number of benzene rings is 2. The van der Waals surface area contributed by atoms with Crippen LogP contribution in [-0.2, 0) is 4.79 Å². The minimum absolute atomic E-state index is 0.123. The number of halogens is 2. The minimum Gasteiger partial charge on any atom is -0.481 e. The van der Waals surface area contributed by atoms with Crippen LogP contribution in [0.4, 0.5) is 8.78 Å². The second-order valence-corrected chi connectivity index (χ2v) is 5.53. The Morgan fingerprint density at radius 1 is 1.04 bits per heavy atom. The summed E-state index contributed by atoms with van der Waals surface area (Å²) >= 11 is 0. The first-order chi connectivity index (χ1) is 11.8. The number of hydrogen-bond donors (Lipinski definition) is 2. The fraction of sp³-hybridized carbons (Fsp3) is 0.222. The molecule has 0 heterocycles. The van der Waals surface area contributed by atoms with Crippen molar-refractivity contribution in [3.8, 4) is 5.75 Å². The first kappa shape index (κ1) is 18.4. The van der Waals surface area contributed by atoms with E-state index in [9.17, 15) is 18.4 Å². The standard InChI is InChI=1S/C18H18F2N2O3/c1-10-5-4-6-16(11(10)2)25-12(3)17(23)21-22-18(24)13-7-8-14(19)15(20)9-13/h4-9,12H,1-3H3,(H,21,23)(H,22,24). The van der Waals surface area contributed by atoms with Gasteiger partial charge in [-0.25, -0.2) is 8.78 Å². The second-order valence-electron chi connectivity index (χ2n) is 5.53. The Labute approximate surface area is 144 Å². The highest BCUT2D eigenvalue weighted by Gasteiger charge is 2.17. The van der Waals surface area contributed by atoms with Crippen molar-refractivity contribution in [1.82, 2.24) is 10.9 Å². The van der Waals surface area contributed by atoms with Crippen LogP contribution in [0.1, 0.15) is 28.4 Å². The highest BCUT2D eigenvalue weighted by atomic mass is 19.2. The summed E-state index contributed by atoms with van der Waals surface area (Å²) in [6, 6.07) is 8.16.